The summed E-state index contributed by atoms with van der Waals surface area (Å²) in [5.74, 6) is 0.205. The number of benzene rings is 1. The fourth-order valence-corrected chi connectivity index (χ4v) is 6.79. The first kappa shape index (κ1) is 17.8. The van der Waals surface area contributed by atoms with Crippen LogP contribution in [0.25, 0.3) is 11.1 Å². The van der Waals surface area contributed by atoms with E-state index >= 15 is 0 Å². The topological polar surface area (TPSA) is 20.3 Å². The number of hydrogen-bond donors (Lipinski definition) is 0. The van der Waals surface area contributed by atoms with Crippen LogP contribution in [0.2, 0.25) is 0 Å². The number of rotatable bonds is 2. The van der Waals surface area contributed by atoms with Crippen LogP contribution in [0.15, 0.2) is 12.1 Å². The van der Waals surface area contributed by atoms with Gasteiger partial charge < -0.3 is 4.90 Å². The maximum absolute atomic E-state index is 13.3. The molecule has 1 aromatic carbocycles. The number of anilines is 1. The Kier molecular flexibility index (Phi) is 4.47. The molecular weight excluding hydrogens is 354 g/mol. The summed E-state index contributed by atoms with van der Waals surface area (Å²) in [5, 5.41) is 0. The molecule has 1 aliphatic heterocycles. The predicted octanol–water partition coefficient (Wildman–Crippen LogP) is 6.45. The fraction of sp³-hybridized carbons (Fsp3) is 0.474. The number of carbonyl (C=O) groups is 1. The lowest BCUT2D eigenvalue weighted by molar-refractivity contribution is -0.123. The summed E-state index contributed by atoms with van der Waals surface area (Å²) in [6, 6.07) is 4.35. The third kappa shape index (κ3) is 2.49. The van der Waals surface area contributed by atoms with Crippen molar-refractivity contribution in [2.75, 3.05) is 4.90 Å². The summed E-state index contributed by atoms with van der Waals surface area (Å²) in [7, 11) is 3.36. The number of nitrogens with zero attached hydrogens (tertiary/aromatic N) is 1. The molecule has 2 nitrogen and oxygen atoms in total. The van der Waals surface area contributed by atoms with Crippen molar-refractivity contribution < 1.29 is 4.79 Å². The fourth-order valence-electron chi connectivity index (χ4n) is 3.50. The van der Waals surface area contributed by atoms with Gasteiger partial charge >= 0.3 is 0 Å². The molecule has 0 spiro atoms. The lowest BCUT2D eigenvalue weighted by Gasteiger charge is -2.45. The van der Waals surface area contributed by atoms with Crippen molar-refractivity contribution in [2.24, 2.45) is 5.92 Å². The van der Waals surface area contributed by atoms with Gasteiger partial charge in [0, 0.05) is 17.0 Å². The molecule has 0 saturated carbocycles. The van der Waals surface area contributed by atoms with Gasteiger partial charge in [-0.25, -0.2) is 0 Å². The Morgan fingerprint density at radius 1 is 1.29 bits per heavy atom. The molecular formula is C19H23NOS3. The minimum absolute atomic E-state index is 0.00554. The van der Waals surface area contributed by atoms with E-state index in [-0.39, 0.29) is 17.4 Å². The molecule has 0 saturated heterocycles. The minimum Gasteiger partial charge on any atom is -0.301 e. The second-order valence-corrected chi connectivity index (χ2v) is 9.99. The largest absolute Gasteiger partial charge is 0.301 e. The second kappa shape index (κ2) is 6.04. The van der Waals surface area contributed by atoms with Crippen LogP contribution in [-0.4, -0.2) is 5.91 Å². The first-order chi connectivity index (χ1) is 11.2. The van der Waals surface area contributed by atoms with E-state index < -0.39 is 0 Å². The Balaban J connectivity index is 2.38. The molecule has 24 heavy (non-hydrogen) atoms. The summed E-state index contributed by atoms with van der Waals surface area (Å²) < 4.78 is 0.935. The average Bonchev–Trinajstić information content (AvgIpc) is 2.90. The number of hydrogen-bond acceptors (Lipinski definition) is 4. The highest BCUT2D eigenvalue weighted by molar-refractivity contribution is 7.80. The monoisotopic (exact) mass is 377 g/mol. The Morgan fingerprint density at radius 3 is 2.58 bits per heavy atom. The van der Waals surface area contributed by atoms with Crippen LogP contribution in [0.5, 0.6) is 0 Å². The minimum atomic E-state index is -0.374. The Labute approximate surface area is 156 Å². The molecule has 0 aliphatic carbocycles. The van der Waals surface area contributed by atoms with Crippen LogP contribution >= 0.6 is 32.9 Å². The summed E-state index contributed by atoms with van der Waals surface area (Å²) in [5.41, 5.74) is 5.31. The van der Waals surface area contributed by atoms with E-state index in [0.717, 1.165) is 27.1 Å². The van der Waals surface area contributed by atoms with E-state index in [1.165, 1.54) is 16.0 Å². The number of carbonyl (C=O) groups excluding carboxylic acids is 1. The van der Waals surface area contributed by atoms with Gasteiger partial charge in [0.25, 0.3) is 0 Å². The molecule has 1 aliphatic rings. The van der Waals surface area contributed by atoms with E-state index in [1.54, 1.807) is 20.7 Å². The van der Waals surface area contributed by atoms with Gasteiger partial charge in [-0.1, -0.05) is 58.4 Å². The molecule has 128 valence electrons. The zero-order valence-electron chi connectivity index (χ0n) is 15.0. The normalized spacial score (nSPS) is 16.5. The third-order valence-corrected chi connectivity index (χ3v) is 8.27. The highest BCUT2D eigenvalue weighted by Gasteiger charge is 2.44. The Hall–Kier alpha value is -1.04. The van der Waals surface area contributed by atoms with Crippen molar-refractivity contribution in [1.29, 1.82) is 0 Å². The predicted molar refractivity (Wildman–Crippen MR) is 108 cm³/mol. The molecule has 2 aromatic rings. The van der Waals surface area contributed by atoms with Crippen molar-refractivity contribution in [1.82, 2.24) is 0 Å². The number of fused-ring (bicyclic) bond motifs is 3. The lowest BCUT2D eigenvalue weighted by Crippen LogP contribution is -2.50. The summed E-state index contributed by atoms with van der Waals surface area (Å²) in [4.78, 5) is 16.5. The van der Waals surface area contributed by atoms with E-state index in [0.29, 0.717) is 0 Å². The maximum atomic E-state index is 13.3. The second-order valence-electron chi connectivity index (χ2n) is 7.18. The highest BCUT2D eigenvalue weighted by Crippen LogP contribution is 2.53. The van der Waals surface area contributed by atoms with Crippen LogP contribution in [0.1, 0.15) is 50.1 Å². The van der Waals surface area contributed by atoms with Gasteiger partial charge in [-0.15, -0.1) is 0 Å². The molecule has 1 aromatic heterocycles. The SMILES string of the molecule is CCC(C)C(=O)N1c2c(C)cc(C)cc2-c2c(ssc2=S)C1(C)C. The van der Waals surface area contributed by atoms with E-state index in [4.69, 9.17) is 12.2 Å². The summed E-state index contributed by atoms with van der Waals surface area (Å²) >= 11 is 5.64. The first-order valence-corrected chi connectivity index (χ1v) is 10.8. The van der Waals surface area contributed by atoms with E-state index in [2.05, 4.69) is 46.8 Å². The van der Waals surface area contributed by atoms with Gasteiger partial charge in [-0.3, -0.25) is 4.79 Å². The molecule has 1 unspecified atom stereocenters. The van der Waals surface area contributed by atoms with Crippen LogP contribution in [-0.2, 0) is 10.3 Å². The van der Waals surface area contributed by atoms with E-state index in [9.17, 15) is 4.79 Å². The van der Waals surface area contributed by atoms with Crippen LogP contribution in [0, 0.1) is 23.6 Å². The van der Waals surface area contributed by atoms with Gasteiger partial charge in [-0.05, 0) is 45.7 Å². The van der Waals surface area contributed by atoms with Gasteiger partial charge in [-0.2, -0.15) is 0 Å². The zero-order valence-corrected chi connectivity index (χ0v) is 17.5. The molecule has 0 radical (unpaired) electrons. The molecule has 1 amide bonds. The quantitative estimate of drug-likeness (QED) is 0.443. The highest BCUT2D eigenvalue weighted by atomic mass is 32.9. The van der Waals surface area contributed by atoms with Gasteiger partial charge in [0.2, 0.25) is 5.91 Å². The summed E-state index contributed by atoms with van der Waals surface area (Å²) in [6.07, 6.45) is 0.845. The maximum Gasteiger partial charge on any atom is 0.230 e. The molecule has 2 heterocycles. The van der Waals surface area contributed by atoms with Crippen molar-refractivity contribution in [3.63, 3.8) is 0 Å². The summed E-state index contributed by atoms with van der Waals surface area (Å²) in [6.45, 7) is 12.6. The Bertz CT molecular complexity index is 875. The van der Waals surface area contributed by atoms with Crippen LogP contribution in [0.3, 0.4) is 0 Å². The molecule has 1 atom stereocenters. The first-order valence-electron chi connectivity index (χ1n) is 8.29. The average molecular weight is 378 g/mol. The zero-order chi connectivity index (χ0) is 17.8. The van der Waals surface area contributed by atoms with Crippen molar-refractivity contribution in [2.45, 2.75) is 53.5 Å². The van der Waals surface area contributed by atoms with Gasteiger partial charge in [0.15, 0.2) is 0 Å². The number of aryl methyl sites for hydroxylation is 2. The molecule has 0 fully saturated rings. The lowest BCUT2D eigenvalue weighted by atomic mass is 9.84. The number of amides is 1. The molecule has 5 heteroatoms. The van der Waals surface area contributed by atoms with Crippen LogP contribution < -0.4 is 4.90 Å². The van der Waals surface area contributed by atoms with Gasteiger partial charge in [0.1, 0.15) is 3.82 Å². The van der Waals surface area contributed by atoms with E-state index in [1.807, 2.05) is 11.8 Å². The smallest absolute Gasteiger partial charge is 0.230 e. The van der Waals surface area contributed by atoms with Crippen molar-refractivity contribution >= 4 is 44.5 Å². The third-order valence-electron chi connectivity index (χ3n) is 4.94. The molecule has 3 rings (SSSR count). The van der Waals surface area contributed by atoms with Crippen LogP contribution in [0.4, 0.5) is 5.69 Å². The molecule has 0 N–H and O–H groups in total. The van der Waals surface area contributed by atoms with Crippen molar-refractivity contribution in [3.8, 4) is 11.1 Å². The Morgan fingerprint density at radius 2 is 1.96 bits per heavy atom. The van der Waals surface area contributed by atoms with Gasteiger partial charge in [0.05, 0.1) is 16.1 Å². The molecule has 0 bridgehead atoms. The van der Waals surface area contributed by atoms with Crippen molar-refractivity contribution in [3.05, 3.63) is 32.0 Å². The standard InChI is InChI=1S/C19H23NOS3/c1-7-11(3)17(21)20-15-12(4)8-10(2)9-13(15)14-16(19(20,5)6)23-24-18(14)22/h8-9,11H,7H2,1-6H3.